The van der Waals surface area contributed by atoms with Gasteiger partial charge in [-0.15, -0.1) is 4.83 Å². The highest BCUT2D eigenvalue weighted by Crippen LogP contribution is 2.21. The number of nitrogens with one attached hydrogen (secondary N) is 2. The number of fused-ring (bicyclic) bond motifs is 2. The monoisotopic (exact) mass is 499 g/mol. The molecule has 0 fully saturated rings. The van der Waals surface area contributed by atoms with Gasteiger partial charge in [-0.1, -0.05) is 60.7 Å². The molecule has 5 rings (SSSR count). The van der Waals surface area contributed by atoms with Gasteiger partial charge in [-0.2, -0.15) is 5.10 Å². The molecule has 0 spiro atoms. The summed E-state index contributed by atoms with van der Waals surface area (Å²) in [6.45, 7) is 2.01. The molecular weight excluding hydrogens is 478 g/mol. The molecular formula is C26H21N5O4S. The number of hydrogen-bond acceptors (Lipinski definition) is 6. The molecule has 0 unspecified atom stereocenters. The van der Waals surface area contributed by atoms with E-state index in [1.807, 2.05) is 43.3 Å². The van der Waals surface area contributed by atoms with E-state index in [1.165, 1.54) is 10.7 Å². The fraction of sp³-hybridized carbons (Fsp3) is 0.0769. The molecule has 10 heteroatoms. The zero-order valence-corrected chi connectivity index (χ0v) is 20.0. The zero-order chi connectivity index (χ0) is 25.3. The third-order valence-corrected chi connectivity index (χ3v) is 6.94. The smallest absolute Gasteiger partial charge is 0.272 e. The number of aromatic nitrogens is 3. The number of rotatable bonds is 6. The van der Waals surface area contributed by atoms with Crippen LogP contribution in [0.25, 0.3) is 21.7 Å². The predicted molar refractivity (Wildman–Crippen MR) is 136 cm³/mol. The van der Waals surface area contributed by atoms with Crippen LogP contribution in [0.1, 0.15) is 21.6 Å². The van der Waals surface area contributed by atoms with Gasteiger partial charge >= 0.3 is 0 Å². The van der Waals surface area contributed by atoms with E-state index in [0.717, 1.165) is 11.1 Å². The van der Waals surface area contributed by atoms with Crippen LogP contribution in [-0.2, 0) is 16.6 Å². The molecule has 36 heavy (non-hydrogen) atoms. The number of benzene rings is 3. The molecule has 9 nitrogen and oxygen atoms in total. The number of para-hydroxylation sites is 1. The Labute approximate surface area is 206 Å². The number of pyridine rings is 1. The SMILES string of the molecule is Cc1cnc2c(S(=O)(=O)NNC(=O)c3nn(Cc4ccccc4)c(=O)c4ccccc34)cccc2c1. The second kappa shape index (κ2) is 9.33. The quantitative estimate of drug-likeness (QED) is 0.346. The molecule has 0 saturated carbocycles. The Morgan fingerprint density at radius 1 is 0.944 bits per heavy atom. The van der Waals surface area contributed by atoms with Crippen molar-refractivity contribution in [2.75, 3.05) is 0 Å². The van der Waals surface area contributed by atoms with Gasteiger partial charge in [0, 0.05) is 17.0 Å². The van der Waals surface area contributed by atoms with Crippen molar-refractivity contribution in [1.82, 2.24) is 25.0 Å². The number of aryl methyl sites for hydroxylation is 1. The highest BCUT2D eigenvalue weighted by molar-refractivity contribution is 7.89. The summed E-state index contributed by atoms with van der Waals surface area (Å²) >= 11 is 0. The summed E-state index contributed by atoms with van der Waals surface area (Å²) in [5.74, 6) is -0.805. The van der Waals surface area contributed by atoms with Gasteiger partial charge in [0.2, 0.25) is 0 Å². The molecule has 2 aromatic heterocycles. The summed E-state index contributed by atoms with van der Waals surface area (Å²) in [6, 6.07) is 22.4. The number of carbonyl (C=O) groups is 1. The Bertz CT molecular complexity index is 1780. The maximum absolute atomic E-state index is 13.1. The van der Waals surface area contributed by atoms with Gasteiger partial charge in [0.1, 0.15) is 4.90 Å². The molecule has 0 atom stereocenters. The first kappa shape index (κ1) is 23.3. The van der Waals surface area contributed by atoms with Crippen LogP contribution in [0.2, 0.25) is 0 Å². The molecule has 0 bridgehead atoms. The third-order valence-electron chi connectivity index (χ3n) is 5.66. The molecule has 180 valence electrons. The van der Waals surface area contributed by atoms with Crippen LogP contribution in [0.5, 0.6) is 0 Å². The van der Waals surface area contributed by atoms with Gasteiger partial charge < -0.3 is 0 Å². The van der Waals surface area contributed by atoms with Gasteiger partial charge in [0.05, 0.1) is 17.4 Å². The molecule has 0 aliphatic heterocycles. The van der Waals surface area contributed by atoms with E-state index in [0.29, 0.717) is 16.2 Å². The maximum Gasteiger partial charge on any atom is 0.287 e. The first-order chi connectivity index (χ1) is 17.3. The highest BCUT2D eigenvalue weighted by Gasteiger charge is 2.22. The Morgan fingerprint density at radius 3 is 2.44 bits per heavy atom. The molecule has 2 heterocycles. The van der Waals surface area contributed by atoms with Gasteiger partial charge in [0.15, 0.2) is 5.69 Å². The van der Waals surface area contributed by atoms with Crippen LogP contribution in [0.3, 0.4) is 0 Å². The highest BCUT2D eigenvalue weighted by atomic mass is 32.2. The molecule has 0 radical (unpaired) electrons. The van der Waals surface area contributed by atoms with Crippen LogP contribution in [0.15, 0.2) is 94.7 Å². The van der Waals surface area contributed by atoms with E-state index in [2.05, 4.69) is 20.3 Å². The van der Waals surface area contributed by atoms with Crippen molar-refractivity contribution in [3.63, 3.8) is 0 Å². The topological polar surface area (TPSA) is 123 Å². The largest absolute Gasteiger partial charge is 0.287 e. The van der Waals surface area contributed by atoms with Crippen molar-refractivity contribution in [3.8, 4) is 0 Å². The summed E-state index contributed by atoms with van der Waals surface area (Å²) in [4.78, 5) is 32.4. The van der Waals surface area contributed by atoms with E-state index in [-0.39, 0.29) is 28.2 Å². The Balaban J connectivity index is 1.48. The summed E-state index contributed by atoms with van der Waals surface area (Å²) in [5.41, 5.74) is 3.79. The number of nitrogens with zero attached hydrogens (tertiary/aromatic N) is 3. The minimum absolute atomic E-state index is 0.0767. The minimum atomic E-state index is -4.16. The predicted octanol–water partition coefficient (Wildman–Crippen LogP) is 2.92. The first-order valence-corrected chi connectivity index (χ1v) is 12.5. The first-order valence-electron chi connectivity index (χ1n) is 11.0. The van der Waals surface area contributed by atoms with Gasteiger partial charge in [-0.3, -0.25) is 20.0 Å². The molecule has 0 aliphatic rings. The number of carbonyl (C=O) groups excluding carboxylic acids is 1. The standard InChI is InChI=1S/C26H21N5O4S/c1-17-14-19-10-7-13-22(23(19)27-15-17)36(34,35)30-28-25(32)24-20-11-5-6-12-21(20)26(33)31(29-24)16-18-8-3-2-4-9-18/h2-15,30H,16H2,1H3,(H,28,32). The van der Waals surface area contributed by atoms with Crippen molar-refractivity contribution in [2.24, 2.45) is 0 Å². The Kier molecular flexibility index (Phi) is 6.05. The summed E-state index contributed by atoms with van der Waals surface area (Å²) < 4.78 is 27.3. The van der Waals surface area contributed by atoms with E-state index in [9.17, 15) is 18.0 Å². The van der Waals surface area contributed by atoms with Crippen molar-refractivity contribution >= 4 is 37.6 Å². The molecule has 0 saturated heterocycles. The van der Waals surface area contributed by atoms with Crippen LogP contribution < -0.4 is 15.8 Å². The van der Waals surface area contributed by atoms with Crippen LogP contribution in [0.4, 0.5) is 0 Å². The van der Waals surface area contributed by atoms with Crippen molar-refractivity contribution in [3.05, 3.63) is 112 Å². The number of hydrogen-bond donors (Lipinski definition) is 2. The van der Waals surface area contributed by atoms with E-state index < -0.39 is 15.9 Å². The summed E-state index contributed by atoms with van der Waals surface area (Å²) in [5, 5.41) is 5.54. The fourth-order valence-corrected chi connectivity index (χ4v) is 4.97. The Hall–Kier alpha value is -4.41. The van der Waals surface area contributed by atoms with Gasteiger partial charge in [0.25, 0.3) is 21.5 Å². The van der Waals surface area contributed by atoms with Crippen molar-refractivity contribution in [1.29, 1.82) is 0 Å². The number of amides is 1. The molecule has 2 N–H and O–H groups in total. The normalized spacial score (nSPS) is 11.6. The average Bonchev–Trinajstić information content (AvgIpc) is 2.89. The lowest BCUT2D eigenvalue weighted by molar-refractivity contribution is 0.0939. The summed E-state index contributed by atoms with van der Waals surface area (Å²) in [6.07, 6.45) is 1.58. The zero-order valence-electron chi connectivity index (χ0n) is 19.2. The molecule has 1 amide bonds. The van der Waals surface area contributed by atoms with Crippen molar-refractivity contribution in [2.45, 2.75) is 18.4 Å². The van der Waals surface area contributed by atoms with Crippen LogP contribution >= 0.6 is 0 Å². The number of sulfonamides is 1. The second-order valence-corrected chi connectivity index (χ2v) is 9.89. The molecule has 3 aromatic carbocycles. The third kappa shape index (κ3) is 4.47. The van der Waals surface area contributed by atoms with E-state index in [4.69, 9.17) is 0 Å². The minimum Gasteiger partial charge on any atom is -0.272 e. The average molecular weight is 500 g/mol. The number of hydrazine groups is 1. The van der Waals surface area contributed by atoms with Gasteiger partial charge in [-0.25, -0.2) is 13.1 Å². The Morgan fingerprint density at radius 2 is 1.67 bits per heavy atom. The fourth-order valence-electron chi connectivity index (χ4n) is 3.95. The van der Waals surface area contributed by atoms with E-state index in [1.54, 1.807) is 42.6 Å². The molecule has 0 aliphatic carbocycles. The van der Waals surface area contributed by atoms with Crippen LogP contribution in [-0.4, -0.2) is 29.1 Å². The summed E-state index contributed by atoms with van der Waals surface area (Å²) in [7, 11) is -4.16. The lowest BCUT2D eigenvalue weighted by Gasteiger charge is -2.13. The second-order valence-electron chi connectivity index (χ2n) is 8.24. The lowest BCUT2D eigenvalue weighted by atomic mass is 10.1. The van der Waals surface area contributed by atoms with E-state index >= 15 is 0 Å². The van der Waals surface area contributed by atoms with Gasteiger partial charge in [-0.05, 0) is 36.2 Å². The molecule has 5 aromatic rings. The maximum atomic E-state index is 13.1. The lowest BCUT2D eigenvalue weighted by Crippen LogP contribution is -2.42. The van der Waals surface area contributed by atoms with Crippen LogP contribution in [0, 0.1) is 6.92 Å². The van der Waals surface area contributed by atoms with Crippen molar-refractivity contribution < 1.29 is 13.2 Å².